The predicted octanol–water partition coefficient (Wildman–Crippen LogP) is 2.21. The highest BCUT2D eigenvalue weighted by molar-refractivity contribution is 6.03. The zero-order valence-electron chi connectivity index (χ0n) is 11.2. The van der Waals surface area contributed by atoms with Crippen LogP contribution in [-0.4, -0.2) is 27.8 Å². The number of alkyl halides is 3. The monoisotopic (exact) mass is 301 g/mol. The first-order valence-corrected chi connectivity index (χ1v) is 6.56. The molecule has 0 unspecified atom stereocenters. The number of rotatable bonds is 1. The smallest absolute Gasteiger partial charge is 0.418 e. The van der Waals surface area contributed by atoms with Gasteiger partial charge >= 0.3 is 6.18 Å². The van der Waals surface area contributed by atoms with Crippen molar-refractivity contribution in [3.05, 3.63) is 23.3 Å². The van der Waals surface area contributed by atoms with E-state index in [4.69, 9.17) is 0 Å². The van der Waals surface area contributed by atoms with Crippen LogP contribution >= 0.6 is 0 Å². The SMILES string of the molecule is CC1(O)CC(N2C(=O)Cc3cc(O)cc(C(F)(F)F)c32)C1. The van der Waals surface area contributed by atoms with Crippen molar-refractivity contribution in [3.63, 3.8) is 0 Å². The van der Waals surface area contributed by atoms with Gasteiger partial charge in [0.2, 0.25) is 5.91 Å². The Hall–Kier alpha value is -1.76. The van der Waals surface area contributed by atoms with E-state index in [1.807, 2.05) is 0 Å². The topological polar surface area (TPSA) is 60.8 Å². The van der Waals surface area contributed by atoms with E-state index in [-0.39, 0.29) is 30.5 Å². The van der Waals surface area contributed by atoms with Crippen molar-refractivity contribution in [3.8, 4) is 5.75 Å². The van der Waals surface area contributed by atoms with Crippen LogP contribution in [0.2, 0.25) is 0 Å². The normalized spacial score (nSPS) is 28.5. The Labute approximate surface area is 118 Å². The van der Waals surface area contributed by atoms with Crippen molar-refractivity contribution in [1.29, 1.82) is 0 Å². The Balaban J connectivity index is 2.07. The molecule has 7 heteroatoms. The van der Waals surface area contributed by atoms with E-state index in [0.29, 0.717) is 6.07 Å². The van der Waals surface area contributed by atoms with Crippen LogP contribution in [0.4, 0.5) is 18.9 Å². The second kappa shape index (κ2) is 4.13. The van der Waals surface area contributed by atoms with Crippen molar-refractivity contribution in [1.82, 2.24) is 0 Å². The lowest BCUT2D eigenvalue weighted by Crippen LogP contribution is -2.55. The van der Waals surface area contributed by atoms with E-state index in [0.717, 1.165) is 4.90 Å². The predicted molar refractivity (Wildman–Crippen MR) is 67.9 cm³/mol. The summed E-state index contributed by atoms with van der Waals surface area (Å²) in [7, 11) is 0. The molecule has 1 aromatic carbocycles. The molecule has 1 fully saturated rings. The average Bonchev–Trinajstić information content (AvgIpc) is 2.58. The van der Waals surface area contributed by atoms with Crippen LogP contribution in [0, 0.1) is 0 Å². The molecule has 21 heavy (non-hydrogen) atoms. The minimum absolute atomic E-state index is 0.161. The van der Waals surface area contributed by atoms with Crippen LogP contribution in [0.15, 0.2) is 12.1 Å². The fraction of sp³-hybridized carbons (Fsp3) is 0.500. The first-order valence-electron chi connectivity index (χ1n) is 6.56. The van der Waals surface area contributed by atoms with Gasteiger partial charge < -0.3 is 15.1 Å². The largest absolute Gasteiger partial charge is 0.508 e. The molecule has 114 valence electrons. The van der Waals surface area contributed by atoms with Gasteiger partial charge in [-0.1, -0.05) is 0 Å². The standard InChI is InChI=1S/C14H14F3NO3/c1-13(21)5-8(6-13)18-11(20)3-7-2-9(19)4-10(12(7)18)14(15,16)17/h2,4,8,19,21H,3,5-6H2,1H3. The molecule has 1 aliphatic carbocycles. The lowest BCUT2D eigenvalue weighted by molar-refractivity contribution is -0.137. The van der Waals surface area contributed by atoms with Crippen LogP contribution in [0.5, 0.6) is 5.75 Å². The Morgan fingerprint density at radius 3 is 2.48 bits per heavy atom. The molecule has 0 spiro atoms. The number of hydrogen-bond donors (Lipinski definition) is 2. The van der Waals surface area contributed by atoms with Crippen molar-refractivity contribution in [2.24, 2.45) is 0 Å². The number of anilines is 1. The summed E-state index contributed by atoms with van der Waals surface area (Å²) in [5.41, 5.74) is -1.94. The van der Waals surface area contributed by atoms with Crippen molar-refractivity contribution < 1.29 is 28.2 Å². The summed E-state index contributed by atoms with van der Waals surface area (Å²) >= 11 is 0. The second-order valence-corrected chi connectivity index (χ2v) is 6.00. The third-order valence-electron chi connectivity index (χ3n) is 4.05. The fourth-order valence-electron chi connectivity index (χ4n) is 3.21. The van der Waals surface area contributed by atoms with E-state index >= 15 is 0 Å². The van der Waals surface area contributed by atoms with Crippen LogP contribution in [0.3, 0.4) is 0 Å². The number of benzene rings is 1. The minimum atomic E-state index is -4.65. The average molecular weight is 301 g/mol. The lowest BCUT2D eigenvalue weighted by atomic mass is 9.76. The Kier molecular flexibility index (Phi) is 2.79. The van der Waals surface area contributed by atoms with E-state index < -0.39 is 35.0 Å². The second-order valence-electron chi connectivity index (χ2n) is 6.00. The molecule has 4 nitrogen and oxygen atoms in total. The number of halogens is 3. The molecule has 2 aliphatic rings. The van der Waals surface area contributed by atoms with E-state index in [9.17, 15) is 28.2 Å². The van der Waals surface area contributed by atoms with Gasteiger partial charge in [0, 0.05) is 6.04 Å². The van der Waals surface area contributed by atoms with Crippen LogP contribution in [-0.2, 0) is 17.4 Å². The van der Waals surface area contributed by atoms with E-state index in [2.05, 4.69) is 0 Å². The molecule has 1 amide bonds. The molecule has 0 bridgehead atoms. The molecule has 0 aromatic heterocycles. The number of carbonyl (C=O) groups is 1. The van der Waals surface area contributed by atoms with Gasteiger partial charge in [-0.25, -0.2) is 0 Å². The van der Waals surface area contributed by atoms with Gasteiger partial charge in [0.25, 0.3) is 0 Å². The number of carbonyl (C=O) groups excluding carboxylic acids is 1. The highest BCUT2D eigenvalue weighted by atomic mass is 19.4. The minimum Gasteiger partial charge on any atom is -0.508 e. The molecular formula is C14H14F3NO3. The summed E-state index contributed by atoms with van der Waals surface area (Å²) in [6.07, 6.45) is -4.32. The fourth-order valence-corrected chi connectivity index (χ4v) is 3.21. The summed E-state index contributed by atoms with van der Waals surface area (Å²) < 4.78 is 39.5. The zero-order valence-corrected chi connectivity index (χ0v) is 11.2. The first-order chi connectivity index (χ1) is 9.58. The Bertz CT molecular complexity index is 617. The van der Waals surface area contributed by atoms with Gasteiger partial charge in [0.1, 0.15) is 5.75 Å². The van der Waals surface area contributed by atoms with Crippen LogP contribution in [0.1, 0.15) is 30.9 Å². The molecule has 2 N–H and O–H groups in total. The van der Waals surface area contributed by atoms with Gasteiger partial charge in [0.05, 0.1) is 23.3 Å². The van der Waals surface area contributed by atoms with Crippen LogP contribution < -0.4 is 4.90 Å². The number of aromatic hydroxyl groups is 1. The molecular weight excluding hydrogens is 287 g/mol. The number of aliphatic hydroxyl groups is 1. The summed E-state index contributed by atoms with van der Waals surface area (Å²) in [5.74, 6) is -0.932. The van der Waals surface area contributed by atoms with Crippen LogP contribution in [0.25, 0.3) is 0 Å². The van der Waals surface area contributed by atoms with Gasteiger partial charge in [-0.15, -0.1) is 0 Å². The van der Waals surface area contributed by atoms with Gasteiger partial charge in [0.15, 0.2) is 0 Å². The third-order valence-corrected chi connectivity index (χ3v) is 4.05. The highest BCUT2D eigenvalue weighted by Crippen LogP contribution is 2.48. The number of fused-ring (bicyclic) bond motifs is 1. The molecule has 0 atom stereocenters. The molecule has 0 saturated heterocycles. The third kappa shape index (κ3) is 2.25. The highest BCUT2D eigenvalue weighted by Gasteiger charge is 2.49. The number of hydrogen-bond acceptors (Lipinski definition) is 3. The number of phenols is 1. The summed E-state index contributed by atoms with van der Waals surface area (Å²) in [5, 5.41) is 19.2. The van der Waals surface area contributed by atoms with Crippen molar-refractivity contribution in [2.45, 2.75) is 44.0 Å². The Morgan fingerprint density at radius 2 is 1.95 bits per heavy atom. The molecule has 0 radical (unpaired) electrons. The molecule has 3 rings (SSSR count). The van der Waals surface area contributed by atoms with E-state index in [1.165, 1.54) is 6.07 Å². The maximum atomic E-state index is 13.2. The summed E-state index contributed by atoms with van der Waals surface area (Å²) in [6.45, 7) is 1.59. The molecule has 1 saturated carbocycles. The molecule has 1 aliphatic heterocycles. The zero-order chi connectivity index (χ0) is 15.6. The van der Waals surface area contributed by atoms with Gasteiger partial charge in [-0.2, -0.15) is 13.2 Å². The molecule has 1 heterocycles. The number of nitrogens with zero attached hydrogens (tertiary/aromatic N) is 1. The maximum Gasteiger partial charge on any atom is 0.418 e. The number of phenolic OH excluding ortho intramolecular Hbond substituents is 1. The van der Waals surface area contributed by atoms with E-state index in [1.54, 1.807) is 6.92 Å². The quantitative estimate of drug-likeness (QED) is 0.836. The van der Waals surface area contributed by atoms with Gasteiger partial charge in [-0.3, -0.25) is 4.79 Å². The Morgan fingerprint density at radius 1 is 1.33 bits per heavy atom. The lowest BCUT2D eigenvalue weighted by Gasteiger charge is -2.46. The summed E-state index contributed by atoms with van der Waals surface area (Å²) in [4.78, 5) is 13.2. The van der Waals surface area contributed by atoms with Crippen molar-refractivity contribution in [2.75, 3.05) is 4.90 Å². The summed E-state index contributed by atoms with van der Waals surface area (Å²) in [6, 6.07) is 1.40. The first kappa shape index (κ1) is 14.2. The van der Waals surface area contributed by atoms with Gasteiger partial charge in [-0.05, 0) is 37.5 Å². The maximum absolute atomic E-state index is 13.2. The van der Waals surface area contributed by atoms with Crippen molar-refractivity contribution >= 4 is 11.6 Å². The molecule has 1 aromatic rings. The number of amides is 1.